The molecule has 4 nitrogen and oxygen atoms in total. The van der Waals surface area contributed by atoms with Crippen molar-refractivity contribution in [2.24, 2.45) is 12.8 Å². The van der Waals surface area contributed by atoms with Crippen molar-refractivity contribution >= 4 is 11.8 Å². The van der Waals surface area contributed by atoms with Crippen LogP contribution in [-0.2, 0) is 13.5 Å². The van der Waals surface area contributed by atoms with Gasteiger partial charge in [-0.05, 0) is 25.0 Å². The quantitative estimate of drug-likeness (QED) is 0.897. The van der Waals surface area contributed by atoms with E-state index in [-0.39, 0.29) is 6.04 Å². The van der Waals surface area contributed by atoms with Crippen LogP contribution in [0.1, 0.15) is 12.5 Å². The third kappa shape index (κ3) is 3.57. The van der Waals surface area contributed by atoms with Gasteiger partial charge in [0.15, 0.2) is 0 Å². The monoisotopic (exact) mass is 248 g/mol. The molecule has 0 fully saturated rings. The molecule has 0 aliphatic heterocycles. The molecule has 0 spiro atoms. The van der Waals surface area contributed by atoms with Crippen LogP contribution in [-0.4, -0.2) is 20.8 Å². The molecule has 0 saturated heterocycles. The molecule has 2 heterocycles. The maximum absolute atomic E-state index is 5.74. The first-order valence-electron chi connectivity index (χ1n) is 5.50. The molecule has 2 aromatic rings. The highest BCUT2D eigenvalue weighted by atomic mass is 32.2. The van der Waals surface area contributed by atoms with Crippen LogP contribution in [0.4, 0.5) is 0 Å². The number of aromatic nitrogens is 3. The molecule has 0 radical (unpaired) electrons. The van der Waals surface area contributed by atoms with Crippen molar-refractivity contribution in [1.29, 1.82) is 0 Å². The summed E-state index contributed by atoms with van der Waals surface area (Å²) < 4.78 is 1.78. The number of rotatable bonds is 4. The average Bonchev–Trinajstić information content (AvgIpc) is 2.66. The molecule has 1 atom stereocenters. The Bertz CT molecular complexity index is 476. The molecule has 2 rings (SSSR count). The number of nitrogens with two attached hydrogens (primary N) is 1. The van der Waals surface area contributed by atoms with E-state index < -0.39 is 0 Å². The van der Waals surface area contributed by atoms with Gasteiger partial charge in [0.05, 0.1) is 11.1 Å². The van der Waals surface area contributed by atoms with Gasteiger partial charge in [-0.1, -0.05) is 17.8 Å². The molecule has 2 aromatic heterocycles. The zero-order chi connectivity index (χ0) is 12.3. The van der Waals surface area contributed by atoms with Crippen LogP contribution in [0.25, 0.3) is 0 Å². The highest BCUT2D eigenvalue weighted by Gasteiger charge is 2.02. The maximum Gasteiger partial charge on any atom is 0.101 e. The second-order valence-corrected chi connectivity index (χ2v) is 5.23. The van der Waals surface area contributed by atoms with Crippen molar-refractivity contribution in [2.75, 3.05) is 0 Å². The fourth-order valence-electron chi connectivity index (χ4n) is 1.54. The van der Waals surface area contributed by atoms with E-state index >= 15 is 0 Å². The minimum atomic E-state index is 0.175. The Morgan fingerprint density at radius 3 is 2.76 bits per heavy atom. The Labute approximate surface area is 105 Å². The molecule has 1 unspecified atom stereocenters. The van der Waals surface area contributed by atoms with E-state index in [0.717, 1.165) is 16.3 Å². The SMILES string of the molecule is CC(N)Cc1ccc(Sc2cnn(C)c2)nc1. The van der Waals surface area contributed by atoms with Gasteiger partial charge < -0.3 is 5.73 Å². The summed E-state index contributed by atoms with van der Waals surface area (Å²) in [5.74, 6) is 0. The summed E-state index contributed by atoms with van der Waals surface area (Å²) in [4.78, 5) is 5.50. The second-order valence-electron chi connectivity index (χ2n) is 4.14. The molecule has 90 valence electrons. The van der Waals surface area contributed by atoms with Gasteiger partial charge in [0.25, 0.3) is 0 Å². The minimum absolute atomic E-state index is 0.175. The van der Waals surface area contributed by atoms with E-state index in [0.29, 0.717) is 0 Å². The van der Waals surface area contributed by atoms with Gasteiger partial charge in [0.2, 0.25) is 0 Å². The van der Waals surface area contributed by atoms with Crippen molar-refractivity contribution in [3.8, 4) is 0 Å². The molecule has 0 aromatic carbocycles. The first-order chi connectivity index (χ1) is 8.13. The Hall–Kier alpha value is -1.33. The molecular formula is C12H16N4S. The van der Waals surface area contributed by atoms with Crippen LogP contribution in [0.5, 0.6) is 0 Å². The molecule has 0 aliphatic rings. The van der Waals surface area contributed by atoms with Crippen LogP contribution < -0.4 is 5.73 Å². The van der Waals surface area contributed by atoms with E-state index in [9.17, 15) is 0 Å². The maximum atomic E-state index is 5.74. The fourth-order valence-corrected chi connectivity index (χ4v) is 2.32. The molecule has 17 heavy (non-hydrogen) atoms. The molecule has 0 aliphatic carbocycles. The molecule has 2 N–H and O–H groups in total. The largest absolute Gasteiger partial charge is 0.328 e. The van der Waals surface area contributed by atoms with Crippen LogP contribution in [0.2, 0.25) is 0 Å². The van der Waals surface area contributed by atoms with E-state index in [1.807, 2.05) is 38.6 Å². The number of pyridine rings is 1. The van der Waals surface area contributed by atoms with E-state index in [2.05, 4.69) is 16.1 Å². The van der Waals surface area contributed by atoms with E-state index in [4.69, 9.17) is 5.73 Å². The summed E-state index contributed by atoms with van der Waals surface area (Å²) in [7, 11) is 1.91. The van der Waals surface area contributed by atoms with Crippen molar-refractivity contribution in [1.82, 2.24) is 14.8 Å². The Morgan fingerprint density at radius 1 is 1.41 bits per heavy atom. The van der Waals surface area contributed by atoms with Gasteiger partial charge in [0, 0.05) is 25.5 Å². The predicted molar refractivity (Wildman–Crippen MR) is 68.9 cm³/mol. The lowest BCUT2D eigenvalue weighted by atomic mass is 10.1. The Morgan fingerprint density at radius 2 is 2.24 bits per heavy atom. The average molecular weight is 248 g/mol. The van der Waals surface area contributed by atoms with Gasteiger partial charge in [-0.25, -0.2) is 4.98 Å². The third-order valence-electron chi connectivity index (χ3n) is 2.26. The fraction of sp³-hybridized carbons (Fsp3) is 0.333. The lowest BCUT2D eigenvalue weighted by molar-refractivity contribution is 0.734. The summed E-state index contributed by atoms with van der Waals surface area (Å²) in [6, 6.07) is 4.28. The van der Waals surface area contributed by atoms with E-state index in [1.165, 1.54) is 5.56 Å². The number of nitrogens with zero attached hydrogens (tertiary/aromatic N) is 3. The number of aryl methyl sites for hydroxylation is 1. The van der Waals surface area contributed by atoms with E-state index in [1.54, 1.807) is 16.4 Å². The van der Waals surface area contributed by atoms with Crippen molar-refractivity contribution < 1.29 is 0 Å². The second kappa shape index (κ2) is 5.33. The Balaban J connectivity index is 2.03. The van der Waals surface area contributed by atoms with Gasteiger partial charge in [0.1, 0.15) is 5.03 Å². The molecule has 0 saturated carbocycles. The van der Waals surface area contributed by atoms with Crippen molar-refractivity contribution in [3.05, 3.63) is 36.3 Å². The summed E-state index contributed by atoms with van der Waals surface area (Å²) in [6.07, 6.45) is 6.57. The number of hydrogen-bond acceptors (Lipinski definition) is 4. The predicted octanol–water partition coefficient (Wildman–Crippen LogP) is 1.86. The third-order valence-corrected chi connectivity index (χ3v) is 3.16. The molecule has 5 heteroatoms. The highest BCUT2D eigenvalue weighted by Crippen LogP contribution is 2.25. The normalized spacial score (nSPS) is 12.6. The topological polar surface area (TPSA) is 56.7 Å². The van der Waals surface area contributed by atoms with Crippen LogP contribution >= 0.6 is 11.8 Å². The zero-order valence-electron chi connectivity index (χ0n) is 10.00. The van der Waals surface area contributed by atoms with Gasteiger partial charge >= 0.3 is 0 Å². The zero-order valence-corrected chi connectivity index (χ0v) is 10.8. The summed E-state index contributed by atoms with van der Waals surface area (Å²) in [5.41, 5.74) is 6.92. The smallest absolute Gasteiger partial charge is 0.101 e. The van der Waals surface area contributed by atoms with Gasteiger partial charge in [-0.15, -0.1) is 0 Å². The summed E-state index contributed by atoms with van der Waals surface area (Å²) in [6.45, 7) is 2.00. The molecule has 0 amide bonds. The highest BCUT2D eigenvalue weighted by molar-refractivity contribution is 7.99. The van der Waals surface area contributed by atoms with Gasteiger partial charge in [-0.3, -0.25) is 4.68 Å². The Kier molecular flexibility index (Phi) is 3.81. The molecule has 0 bridgehead atoms. The van der Waals surface area contributed by atoms with Crippen molar-refractivity contribution in [2.45, 2.75) is 29.3 Å². The first kappa shape index (κ1) is 12.1. The summed E-state index contributed by atoms with van der Waals surface area (Å²) in [5, 5.41) is 5.10. The van der Waals surface area contributed by atoms with Crippen LogP contribution in [0.15, 0.2) is 40.6 Å². The standard InChI is InChI=1S/C12H16N4S/c1-9(13)5-10-3-4-12(14-6-10)17-11-7-15-16(2)8-11/h3-4,6-9H,5,13H2,1-2H3. The van der Waals surface area contributed by atoms with Crippen LogP contribution in [0, 0.1) is 0 Å². The van der Waals surface area contributed by atoms with Gasteiger partial charge in [-0.2, -0.15) is 5.10 Å². The minimum Gasteiger partial charge on any atom is -0.328 e. The lowest BCUT2D eigenvalue weighted by Gasteiger charge is -2.05. The molecular weight excluding hydrogens is 232 g/mol. The van der Waals surface area contributed by atoms with Crippen LogP contribution in [0.3, 0.4) is 0 Å². The first-order valence-corrected chi connectivity index (χ1v) is 6.32. The lowest BCUT2D eigenvalue weighted by Crippen LogP contribution is -2.17. The summed E-state index contributed by atoms with van der Waals surface area (Å²) >= 11 is 1.61. The van der Waals surface area contributed by atoms with Crippen molar-refractivity contribution in [3.63, 3.8) is 0 Å². The number of hydrogen-bond donors (Lipinski definition) is 1.